The number of nitrogen functional groups attached to an aromatic ring is 1. The quantitative estimate of drug-likeness (QED) is 0.775. The molecule has 72 valence electrons. The van der Waals surface area contributed by atoms with Gasteiger partial charge in [0.05, 0.1) is 13.3 Å². The summed E-state index contributed by atoms with van der Waals surface area (Å²) in [6.07, 6.45) is 3.07. The van der Waals surface area contributed by atoms with E-state index in [0.717, 1.165) is 0 Å². The van der Waals surface area contributed by atoms with Gasteiger partial charge in [0.25, 0.3) is 0 Å². The average Bonchev–Trinajstić information content (AvgIpc) is 2.64. The molecule has 0 unspecified atom stereocenters. The first-order valence-electron chi connectivity index (χ1n) is 4.02. The molecule has 0 saturated heterocycles. The summed E-state index contributed by atoms with van der Waals surface area (Å²) in [4.78, 5) is 4.11. The molecule has 5 nitrogen and oxygen atoms in total. The van der Waals surface area contributed by atoms with Crippen LogP contribution in [0.3, 0.4) is 0 Å². The highest BCUT2D eigenvalue weighted by Crippen LogP contribution is 2.30. The van der Waals surface area contributed by atoms with E-state index in [1.165, 1.54) is 6.20 Å². The number of rotatable bonds is 2. The molecule has 0 aliphatic carbocycles. The Labute approximate surface area is 80.5 Å². The lowest BCUT2D eigenvalue weighted by Crippen LogP contribution is -1.92. The van der Waals surface area contributed by atoms with E-state index >= 15 is 0 Å². The molecule has 0 atom stereocenters. The van der Waals surface area contributed by atoms with Crippen molar-refractivity contribution < 1.29 is 9.26 Å². The summed E-state index contributed by atoms with van der Waals surface area (Å²) >= 11 is 0. The Hall–Kier alpha value is -2.04. The van der Waals surface area contributed by atoms with E-state index in [1.807, 2.05) is 0 Å². The van der Waals surface area contributed by atoms with Crippen LogP contribution in [0.2, 0.25) is 0 Å². The topological polar surface area (TPSA) is 74.2 Å². The molecule has 5 heteroatoms. The number of nitrogens with zero attached hydrogens (tertiary/aromatic N) is 2. The van der Waals surface area contributed by atoms with Crippen LogP contribution in [0.5, 0.6) is 5.75 Å². The van der Waals surface area contributed by atoms with Crippen molar-refractivity contribution in [3.63, 3.8) is 0 Å². The highest BCUT2D eigenvalue weighted by molar-refractivity contribution is 5.71. The van der Waals surface area contributed by atoms with Crippen LogP contribution < -0.4 is 10.5 Å². The first-order chi connectivity index (χ1) is 6.83. The molecule has 2 heterocycles. The van der Waals surface area contributed by atoms with Gasteiger partial charge in [0, 0.05) is 6.20 Å². The number of ether oxygens (including phenoxy) is 1. The van der Waals surface area contributed by atoms with Crippen LogP contribution in [0.4, 0.5) is 5.69 Å². The highest BCUT2D eigenvalue weighted by atomic mass is 16.5. The Balaban J connectivity index is 2.56. The van der Waals surface area contributed by atoms with Crippen molar-refractivity contribution in [1.82, 2.24) is 10.1 Å². The molecule has 0 saturated carbocycles. The number of anilines is 1. The van der Waals surface area contributed by atoms with Crippen molar-refractivity contribution >= 4 is 5.69 Å². The van der Waals surface area contributed by atoms with Crippen LogP contribution in [0.1, 0.15) is 0 Å². The maximum absolute atomic E-state index is 5.64. The standard InChI is InChI=1S/C9H9N3O2/c1-13-7-3-2-4-11-8(7)9-6(10)5-12-14-9/h2-5H,10H2,1H3. The van der Waals surface area contributed by atoms with Crippen LogP contribution in [0.15, 0.2) is 29.0 Å². The zero-order chi connectivity index (χ0) is 9.97. The second-order valence-corrected chi connectivity index (χ2v) is 2.66. The number of methoxy groups -OCH3 is 1. The Morgan fingerprint density at radius 1 is 1.50 bits per heavy atom. The molecular formula is C9H9N3O2. The third-order valence-electron chi connectivity index (χ3n) is 1.80. The molecule has 0 aliphatic rings. The smallest absolute Gasteiger partial charge is 0.211 e. The maximum Gasteiger partial charge on any atom is 0.211 e. The summed E-state index contributed by atoms with van der Waals surface area (Å²) < 4.78 is 10.1. The first kappa shape index (κ1) is 8.55. The molecule has 0 bridgehead atoms. The minimum atomic E-state index is 0.433. The van der Waals surface area contributed by atoms with Gasteiger partial charge in [-0.1, -0.05) is 5.16 Å². The summed E-state index contributed by atoms with van der Waals surface area (Å²) in [5.74, 6) is 1.04. The number of aromatic nitrogens is 2. The van der Waals surface area contributed by atoms with Gasteiger partial charge in [0.15, 0.2) is 5.69 Å². The van der Waals surface area contributed by atoms with E-state index in [1.54, 1.807) is 25.4 Å². The zero-order valence-electron chi connectivity index (χ0n) is 7.60. The normalized spacial score (nSPS) is 10.1. The fraction of sp³-hybridized carbons (Fsp3) is 0.111. The molecule has 0 spiro atoms. The minimum Gasteiger partial charge on any atom is -0.494 e. The van der Waals surface area contributed by atoms with Crippen LogP contribution in [0, 0.1) is 0 Å². The van der Waals surface area contributed by atoms with E-state index < -0.39 is 0 Å². The summed E-state index contributed by atoms with van der Waals surface area (Å²) in [6, 6.07) is 3.55. The molecule has 2 aromatic heterocycles. The van der Waals surface area contributed by atoms with Gasteiger partial charge >= 0.3 is 0 Å². The zero-order valence-corrected chi connectivity index (χ0v) is 7.60. The third kappa shape index (κ3) is 1.28. The van der Waals surface area contributed by atoms with Gasteiger partial charge in [-0.15, -0.1) is 0 Å². The van der Waals surface area contributed by atoms with E-state index in [0.29, 0.717) is 22.9 Å². The Bertz CT molecular complexity index is 439. The van der Waals surface area contributed by atoms with E-state index in [2.05, 4.69) is 10.1 Å². The molecule has 0 aliphatic heterocycles. The van der Waals surface area contributed by atoms with Gasteiger partial charge in [-0.3, -0.25) is 0 Å². The van der Waals surface area contributed by atoms with Crippen molar-refractivity contribution in [2.45, 2.75) is 0 Å². The summed E-state index contributed by atoms with van der Waals surface area (Å²) in [5.41, 5.74) is 6.65. The molecular weight excluding hydrogens is 182 g/mol. The van der Waals surface area contributed by atoms with Crippen molar-refractivity contribution in [1.29, 1.82) is 0 Å². The number of nitrogens with two attached hydrogens (primary N) is 1. The minimum absolute atomic E-state index is 0.433. The van der Waals surface area contributed by atoms with E-state index in [4.69, 9.17) is 15.0 Å². The van der Waals surface area contributed by atoms with Gasteiger partial charge in [-0.2, -0.15) is 0 Å². The van der Waals surface area contributed by atoms with Gasteiger partial charge in [-0.25, -0.2) is 4.98 Å². The van der Waals surface area contributed by atoms with Crippen LogP contribution in [0.25, 0.3) is 11.5 Å². The molecule has 0 aromatic carbocycles. The van der Waals surface area contributed by atoms with Gasteiger partial charge in [0.2, 0.25) is 5.76 Å². The third-order valence-corrected chi connectivity index (χ3v) is 1.80. The Kier molecular flexibility index (Phi) is 2.06. The van der Waals surface area contributed by atoms with Crippen molar-refractivity contribution in [3.8, 4) is 17.2 Å². The Morgan fingerprint density at radius 3 is 3.00 bits per heavy atom. The summed E-state index contributed by atoms with van der Waals surface area (Å²) in [6.45, 7) is 0. The molecule has 0 amide bonds. The number of hydrogen-bond donors (Lipinski definition) is 1. The fourth-order valence-corrected chi connectivity index (χ4v) is 1.15. The molecule has 2 rings (SSSR count). The predicted octanol–water partition coefficient (Wildman–Crippen LogP) is 1.33. The lowest BCUT2D eigenvalue weighted by molar-refractivity contribution is 0.403. The maximum atomic E-state index is 5.64. The largest absolute Gasteiger partial charge is 0.494 e. The van der Waals surface area contributed by atoms with Crippen LogP contribution in [-0.4, -0.2) is 17.3 Å². The summed E-state index contributed by atoms with van der Waals surface area (Å²) in [5, 5.41) is 3.58. The predicted molar refractivity (Wildman–Crippen MR) is 50.7 cm³/mol. The van der Waals surface area contributed by atoms with Crippen LogP contribution >= 0.6 is 0 Å². The van der Waals surface area contributed by atoms with Crippen molar-refractivity contribution in [2.75, 3.05) is 12.8 Å². The molecule has 0 radical (unpaired) electrons. The van der Waals surface area contributed by atoms with E-state index in [-0.39, 0.29) is 0 Å². The van der Waals surface area contributed by atoms with Crippen molar-refractivity contribution in [3.05, 3.63) is 24.5 Å². The monoisotopic (exact) mass is 191 g/mol. The SMILES string of the molecule is COc1cccnc1-c1oncc1N. The molecule has 0 fully saturated rings. The van der Waals surface area contributed by atoms with Crippen molar-refractivity contribution in [2.24, 2.45) is 0 Å². The number of hydrogen-bond acceptors (Lipinski definition) is 5. The average molecular weight is 191 g/mol. The second kappa shape index (κ2) is 3.37. The highest BCUT2D eigenvalue weighted by Gasteiger charge is 2.13. The molecule has 2 N–H and O–H groups in total. The molecule has 2 aromatic rings. The van der Waals surface area contributed by atoms with Gasteiger partial charge < -0.3 is 15.0 Å². The van der Waals surface area contributed by atoms with Gasteiger partial charge in [0.1, 0.15) is 11.4 Å². The second-order valence-electron chi connectivity index (χ2n) is 2.66. The number of pyridine rings is 1. The van der Waals surface area contributed by atoms with Crippen LogP contribution in [-0.2, 0) is 0 Å². The van der Waals surface area contributed by atoms with E-state index in [9.17, 15) is 0 Å². The Morgan fingerprint density at radius 2 is 2.36 bits per heavy atom. The first-order valence-corrected chi connectivity index (χ1v) is 4.02. The lowest BCUT2D eigenvalue weighted by atomic mass is 10.2. The summed E-state index contributed by atoms with van der Waals surface area (Å²) in [7, 11) is 1.56. The fourth-order valence-electron chi connectivity index (χ4n) is 1.15. The molecule has 14 heavy (non-hydrogen) atoms. The lowest BCUT2D eigenvalue weighted by Gasteiger charge is -2.03. The van der Waals surface area contributed by atoms with Gasteiger partial charge in [-0.05, 0) is 12.1 Å².